The third kappa shape index (κ3) is 2.63. The Hall–Kier alpha value is -1.22. The van der Waals surface area contributed by atoms with Gasteiger partial charge in [0.2, 0.25) is 0 Å². The standard InChI is InChI=1S/C12H12BrN2/c13-5-10-15-8-3-12(4-9-15)11-1-6-14-7-2-11/h1-4,6-9H,5,10H2/q+1/p+1. The van der Waals surface area contributed by atoms with Gasteiger partial charge in [0.25, 0.3) is 0 Å². The van der Waals surface area contributed by atoms with E-state index in [9.17, 15) is 0 Å². The van der Waals surface area contributed by atoms with Gasteiger partial charge in [-0.3, -0.25) is 0 Å². The number of hydrogen-bond acceptors (Lipinski definition) is 0. The molecule has 0 fully saturated rings. The normalized spacial score (nSPS) is 10.2. The van der Waals surface area contributed by atoms with Crippen LogP contribution in [0.15, 0.2) is 49.1 Å². The van der Waals surface area contributed by atoms with Gasteiger partial charge in [-0.15, -0.1) is 0 Å². The fraction of sp³-hybridized carbons (Fsp3) is 0.167. The van der Waals surface area contributed by atoms with Crippen molar-refractivity contribution < 1.29 is 9.55 Å². The molecule has 0 aliphatic heterocycles. The van der Waals surface area contributed by atoms with Gasteiger partial charge in [-0.25, -0.2) is 9.55 Å². The number of halogens is 1. The zero-order valence-electron chi connectivity index (χ0n) is 8.36. The summed E-state index contributed by atoms with van der Waals surface area (Å²) in [5, 5.41) is 0.983. The molecule has 0 amide bonds. The summed E-state index contributed by atoms with van der Waals surface area (Å²) < 4.78 is 2.16. The number of nitrogens with one attached hydrogen (secondary N) is 1. The van der Waals surface area contributed by atoms with E-state index in [2.05, 4.69) is 62.1 Å². The third-order valence-electron chi connectivity index (χ3n) is 2.29. The highest BCUT2D eigenvalue weighted by molar-refractivity contribution is 9.09. The minimum Gasteiger partial charge on any atom is -0.218 e. The molecule has 0 atom stereocenters. The van der Waals surface area contributed by atoms with Gasteiger partial charge < -0.3 is 0 Å². The number of rotatable bonds is 3. The lowest BCUT2D eigenvalue weighted by atomic mass is 10.1. The predicted molar refractivity (Wildman–Crippen MR) is 62.4 cm³/mol. The minimum absolute atomic E-state index is 0.983. The molecule has 0 bridgehead atoms. The maximum Gasteiger partial charge on any atom is 0.169 e. The summed E-state index contributed by atoms with van der Waals surface area (Å²) in [6.07, 6.45) is 8.09. The SMILES string of the molecule is BrCC[n+]1ccc(-c2cc[nH+]cc2)cc1. The fourth-order valence-corrected chi connectivity index (χ4v) is 1.89. The molecule has 2 aromatic heterocycles. The molecule has 2 aromatic rings. The van der Waals surface area contributed by atoms with Crippen LogP contribution >= 0.6 is 15.9 Å². The van der Waals surface area contributed by atoms with E-state index in [4.69, 9.17) is 0 Å². The molecule has 2 rings (SSSR count). The number of aromatic nitrogens is 2. The zero-order chi connectivity index (χ0) is 10.5. The van der Waals surface area contributed by atoms with Crippen molar-refractivity contribution in [2.45, 2.75) is 6.54 Å². The average molecular weight is 265 g/mol. The second-order valence-corrected chi connectivity index (χ2v) is 4.10. The molecular formula is C12H13BrN2+2. The van der Waals surface area contributed by atoms with Crippen LogP contribution in [0.1, 0.15) is 0 Å². The summed E-state index contributed by atoms with van der Waals surface area (Å²) >= 11 is 3.42. The van der Waals surface area contributed by atoms with Crippen molar-refractivity contribution in [1.29, 1.82) is 0 Å². The second kappa shape index (κ2) is 5.03. The number of pyridine rings is 2. The molecule has 1 N–H and O–H groups in total. The molecule has 15 heavy (non-hydrogen) atoms. The highest BCUT2D eigenvalue weighted by Crippen LogP contribution is 2.14. The molecule has 0 aromatic carbocycles. The maximum absolute atomic E-state index is 3.42. The minimum atomic E-state index is 0.983. The van der Waals surface area contributed by atoms with Crippen LogP contribution in [0.3, 0.4) is 0 Å². The van der Waals surface area contributed by atoms with E-state index < -0.39 is 0 Å². The molecule has 0 aliphatic carbocycles. The number of aromatic amines is 1. The van der Waals surface area contributed by atoms with Crippen LogP contribution in [-0.4, -0.2) is 5.33 Å². The lowest BCUT2D eigenvalue weighted by Crippen LogP contribution is -2.33. The van der Waals surface area contributed by atoms with E-state index in [-0.39, 0.29) is 0 Å². The Bertz CT molecular complexity index is 411. The van der Waals surface area contributed by atoms with Gasteiger partial charge in [-0.1, -0.05) is 15.9 Å². The smallest absolute Gasteiger partial charge is 0.169 e. The largest absolute Gasteiger partial charge is 0.218 e. The van der Waals surface area contributed by atoms with Crippen molar-refractivity contribution in [3.05, 3.63) is 49.1 Å². The summed E-state index contributed by atoms with van der Waals surface area (Å²) in [7, 11) is 0. The lowest BCUT2D eigenvalue weighted by Gasteiger charge is -1.98. The maximum atomic E-state index is 3.42. The van der Waals surface area contributed by atoms with Crippen molar-refractivity contribution >= 4 is 15.9 Å². The van der Waals surface area contributed by atoms with Gasteiger partial charge in [0, 0.05) is 24.3 Å². The lowest BCUT2D eigenvalue weighted by molar-refractivity contribution is -0.692. The van der Waals surface area contributed by atoms with Gasteiger partial charge in [0.1, 0.15) is 0 Å². The van der Waals surface area contributed by atoms with Crippen LogP contribution in [0.4, 0.5) is 0 Å². The van der Waals surface area contributed by atoms with Crippen LogP contribution in [0.25, 0.3) is 11.1 Å². The molecule has 0 aliphatic rings. The Labute approximate surface area is 97.7 Å². The molecule has 0 radical (unpaired) electrons. The summed E-state index contributed by atoms with van der Waals surface area (Å²) in [5.41, 5.74) is 2.48. The topological polar surface area (TPSA) is 18.0 Å². The van der Waals surface area contributed by atoms with Crippen molar-refractivity contribution in [3.8, 4) is 11.1 Å². The van der Waals surface area contributed by atoms with E-state index >= 15 is 0 Å². The number of aryl methyl sites for hydroxylation is 1. The van der Waals surface area contributed by atoms with Crippen LogP contribution < -0.4 is 9.55 Å². The molecule has 3 heteroatoms. The van der Waals surface area contributed by atoms with E-state index in [1.54, 1.807) is 0 Å². The van der Waals surface area contributed by atoms with Crippen molar-refractivity contribution in [2.75, 3.05) is 5.33 Å². The van der Waals surface area contributed by atoms with E-state index in [1.165, 1.54) is 11.1 Å². The van der Waals surface area contributed by atoms with E-state index in [0.717, 1.165) is 11.9 Å². The molecule has 0 spiro atoms. The highest BCUT2D eigenvalue weighted by Gasteiger charge is 2.02. The van der Waals surface area contributed by atoms with E-state index in [1.807, 2.05) is 12.4 Å². The average Bonchev–Trinajstić information content (AvgIpc) is 2.32. The molecule has 2 heterocycles. The van der Waals surface area contributed by atoms with Gasteiger partial charge in [-0.05, 0) is 11.1 Å². The van der Waals surface area contributed by atoms with Gasteiger partial charge in [-0.2, -0.15) is 0 Å². The van der Waals surface area contributed by atoms with Crippen LogP contribution in [0.2, 0.25) is 0 Å². The Morgan fingerprint density at radius 3 is 2.20 bits per heavy atom. The monoisotopic (exact) mass is 264 g/mol. The first-order valence-electron chi connectivity index (χ1n) is 4.92. The quantitative estimate of drug-likeness (QED) is 0.595. The summed E-state index contributed by atoms with van der Waals surface area (Å²) in [5.74, 6) is 0. The first kappa shape index (κ1) is 10.3. The summed E-state index contributed by atoms with van der Waals surface area (Å²) in [6.45, 7) is 1.00. The Morgan fingerprint density at radius 2 is 1.60 bits per heavy atom. The molecule has 2 nitrogen and oxygen atoms in total. The van der Waals surface area contributed by atoms with E-state index in [0.29, 0.717) is 0 Å². The van der Waals surface area contributed by atoms with Crippen LogP contribution in [0.5, 0.6) is 0 Å². The van der Waals surface area contributed by atoms with Gasteiger partial charge in [0.15, 0.2) is 31.3 Å². The van der Waals surface area contributed by atoms with Crippen molar-refractivity contribution in [2.24, 2.45) is 0 Å². The van der Waals surface area contributed by atoms with Crippen LogP contribution in [-0.2, 0) is 6.54 Å². The number of nitrogens with zero attached hydrogens (tertiary/aromatic N) is 1. The number of H-pyrrole nitrogens is 1. The number of hydrogen-bond donors (Lipinski definition) is 0. The summed E-state index contributed by atoms with van der Waals surface area (Å²) in [4.78, 5) is 3.02. The van der Waals surface area contributed by atoms with Crippen molar-refractivity contribution in [3.63, 3.8) is 0 Å². The fourth-order valence-electron chi connectivity index (χ4n) is 1.48. The molecule has 0 saturated heterocycles. The zero-order valence-corrected chi connectivity index (χ0v) is 9.94. The van der Waals surface area contributed by atoms with Gasteiger partial charge in [0.05, 0.1) is 5.33 Å². The second-order valence-electron chi connectivity index (χ2n) is 3.30. The molecule has 76 valence electrons. The molecule has 0 saturated carbocycles. The van der Waals surface area contributed by atoms with Crippen molar-refractivity contribution in [1.82, 2.24) is 0 Å². The first-order valence-corrected chi connectivity index (χ1v) is 6.04. The Morgan fingerprint density at radius 1 is 1.00 bits per heavy atom. The first-order chi connectivity index (χ1) is 7.40. The van der Waals surface area contributed by atoms with Crippen LogP contribution in [0, 0.1) is 0 Å². The van der Waals surface area contributed by atoms with Gasteiger partial charge >= 0.3 is 0 Å². The predicted octanol–water partition coefficient (Wildman–Crippen LogP) is 1.85. The summed E-state index contributed by atoms with van der Waals surface area (Å²) in [6, 6.07) is 8.42. The molecular weight excluding hydrogens is 252 g/mol. The Kier molecular flexibility index (Phi) is 3.45. The third-order valence-corrected chi connectivity index (χ3v) is 2.64. The molecule has 0 unspecified atom stereocenters. The number of alkyl halides is 1. The Balaban J connectivity index is 2.24. The highest BCUT2D eigenvalue weighted by atomic mass is 79.9.